The molecule has 1 atom stereocenters. The molecule has 2 nitrogen and oxygen atoms in total. The van der Waals surface area contributed by atoms with Crippen molar-refractivity contribution in [1.29, 1.82) is 0 Å². The topological polar surface area (TPSA) is 26.3 Å². The first-order valence-corrected chi connectivity index (χ1v) is 5.94. The largest absolute Gasteiger partial charge is 0.459 e. The van der Waals surface area contributed by atoms with E-state index in [0.29, 0.717) is 6.42 Å². The molecule has 0 radical (unpaired) electrons. The average Bonchev–Trinajstić information content (AvgIpc) is 2.28. The molecule has 16 heavy (non-hydrogen) atoms. The highest BCUT2D eigenvalue weighted by atomic mass is 16.6. The number of carbonyl (C=O) groups excluding carboxylic acids is 1. The molecule has 0 amide bonds. The lowest BCUT2D eigenvalue weighted by Crippen LogP contribution is -2.36. The maximum atomic E-state index is 11.3. The van der Waals surface area contributed by atoms with Crippen molar-refractivity contribution in [2.45, 2.75) is 44.6 Å². The Hall–Kier alpha value is -1.31. The van der Waals surface area contributed by atoms with Crippen LogP contribution >= 0.6 is 0 Å². The van der Waals surface area contributed by atoms with E-state index >= 15 is 0 Å². The van der Waals surface area contributed by atoms with Gasteiger partial charge in [0.15, 0.2) is 0 Å². The molecular formula is C14H18O2. The summed E-state index contributed by atoms with van der Waals surface area (Å²) >= 11 is 0. The molecule has 2 heteroatoms. The Morgan fingerprint density at radius 1 is 1.31 bits per heavy atom. The Balaban J connectivity index is 1.91. The van der Waals surface area contributed by atoms with E-state index < -0.39 is 0 Å². The van der Waals surface area contributed by atoms with Crippen LogP contribution in [0.15, 0.2) is 30.3 Å². The minimum Gasteiger partial charge on any atom is -0.459 e. The molecule has 1 aliphatic heterocycles. The number of hydrogen-bond donors (Lipinski definition) is 0. The molecule has 0 N–H and O–H groups in total. The van der Waals surface area contributed by atoms with Crippen LogP contribution in [0.2, 0.25) is 0 Å². The molecule has 0 unspecified atom stereocenters. The van der Waals surface area contributed by atoms with E-state index in [4.69, 9.17) is 4.74 Å². The second-order valence-corrected chi connectivity index (χ2v) is 4.76. The van der Waals surface area contributed by atoms with Gasteiger partial charge in [-0.05, 0) is 38.2 Å². The fourth-order valence-electron chi connectivity index (χ4n) is 2.21. The lowest BCUT2D eigenvalue weighted by Gasteiger charge is -2.33. The van der Waals surface area contributed by atoms with Crippen molar-refractivity contribution in [2.24, 2.45) is 0 Å². The molecule has 86 valence electrons. The standard InChI is InChI=1S/C14H18O2/c1-14(10-5-8-13(15)16-14)11-9-12-6-3-2-4-7-12/h2-4,6-7H,5,8-11H2,1H3/t14-/m0/s1. The van der Waals surface area contributed by atoms with Gasteiger partial charge in [-0.25, -0.2) is 0 Å². The van der Waals surface area contributed by atoms with Gasteiger partial charge in [0.2, 0.25) is 0 Å². The Morgan fingerprint density at radius 2 is 2.06 bits per heavy atom. The lowest BCUT2D eigenvalue weighted by atomic mass is 9.89. The molecule has 0 saturated carbocycles. The first-order valence-electron chi connectivity index (χ1n) is 5.94. The third-order valence-corrected chi connectivity index (χ3v) is 3.23. The highest BCUT2D eigenvalue weighted by Gasteiger charge is 2.31. The van der Waals surface area contributed by atoms with Crippen molar-refractivity contribution in [3.8, 4) is 0 Å². The van der Waals surface area contributed by atoms with Gasteiger partial charge in [-0.1, -0.05) is 30.3 Å². The maximum Gasteiger partial charge on any atom is 0.306 e. The molecule has 0 aliphatic carbocycles. The van der Waals surface area contributed by atoms with Gasteiger partial charge in [0.05, 0.1) is 0 Å². The highest BCUT2D eigenvalue weighted by Crippen LogP contribution is 2.29. The van der Waals surface area contributed by atoms with E-state index in [1.165, 1.54) is 5.56 Å². The van der Waals surface area contributed by atoms with Crippen molar-refractivity contribution in [2.75, 3.05) is 0 Å². The van der Waals surface area contributed by atoms with Gasteiger partial charge in [0.25, 0.3) is 0 Å². The minimum atomic E-state index is -0.245. The molecule has 1 saturated heterocycles. The van der Waals surface area contributed by atoms with Crippen LogP contribution in [0.1, 0.15) is 38.2 Å². The molecule has 0 aromatic heterocycles. The normalized spacial score (nSPS) is 25.2. The van der Waals surface area contributed by atoms with Crippen molar-refractivity contribution in [3.63, 3.8) is 0 Å². The number of rotatable bonds is 3. The zero-order valence-electron chi connectivity index (χ0n) is 9.74. The number of aryl methyl sites for hydroxylation is 1. The maximum absolute atomic E-state index is 11.3. The van der Waals surface area contributed by atoms with Crippen LogP contribution in [0.5, 0.6) is 0 Å². The van der Waals surface area contributed by atoms with Gasteiger partial charge < -0.3 is 4.74 Å². The summed E-state index contributed by atoms with van der Waals surface area (Å²) in [5, 5.41) is 0. The monoisotopic (exact) mass is 218 g/mol. The van der Waals surface area contributed by atoms with Crippen molar-refractivity contribution < 1.29 is 9.53 Å². The fraction of sp³-hybridized carbons (Fsp3) is 0.500. The van der Waals surface area contributed by atoms with Crippen LogP contribution in [0.4, 0.5) is 0 Å². The van der Waals surface area contributed by atoms with Gasteiger partial charge >= 0.3 is 5.97 Å². The van der Waals surface area contributed by atoms with Crippen molar-refractivity contribution in [3.05, 3.63) is 35.9 Å². The second kappa shape index (κ2) is 4.69. The number of ether oxygens (including phenoxy) is 1. The SMILES string of the molecule is C[C@@]1(CCc2ccccc2)CCCC(=O)O1. The summed E-state index contributed by atoms with van der Waals surface area (Å²) in [5.74, 6) is -0.0400. The first kappa shape index (κ1) is 11.2. The molecule has 1 aliphatic rings. The molecule has 1 aromatic rings. The van der Waals surface area contributed by atoms with Crippen LogP contribution in [0.3, 0.4) is 0 Å². The summed E-state index contributed by atoms with van der Waals surface area (Å²) in [6.45, 7) is 2.05. The zero-order valence-corrected chi connectivity index (χ0v) is 9.74. The molecule has 0 spiro atoms. The number of esters is 1. The average molecular weight is 218 g/mol. The third-order valence-electron chi connectivity index (χ3n) is 3.23. The van der Waals surface area contributed by atoms with Crippen molar-refractivity contribution in [1.82, 2.24) is 0 Å². The molecular weight excluding hydrogens is 200 g/mol. The number of hydrogen-bond acceptors (Lipinski definition) is 2. The summed E-state index contributed by atoms with van der Waals surface area (Å²) in [5.41, 5.74) is 1.07. The van der Waals surface area contributed by atoms with Gasteiger partial charge in [-0.3, -0.25) is 4.79 Å². The van der Waals surface area contributed by atoms with Gasteiger partial charge in [-0.2, -0.15) is 0 Å². The Morgan fingerprint density at radius 3 is 2.75 bits per heavy atom. The molecule has 1 heterocycles. The quantitative estimate of drug-likeness (QED) is 0.729. The molecule has 1 aromatic carbocycles. The Kier molecular flexibility index (Phi) is 3.28. The number of carbonyl (C=O) groups is 1. The summed E-state index contributed by atoms with van der Waals surface area (Å²) in [7, 11) is 0. The van der Waals surface area contributed by atoms with E-state index in [-0.39, 0.29) is 11.6 Å². The zero-order chi connectivity index (χ0) is 11.4. The summed E-state index contributed by atoms with van der Waals surface area (Å²) in [6, 6.07) is 10.4. The first-order chi connectivity index (χ1) is 7.68. The highest BCUT2D eigenvalue weighted by molar-refractivity contribution is 5.70. The lowest BCUT2D eigenvalue weighted by molar-refractivity contribution is -0.165. The summed E-state index contributed by atoms with van der Waals surface area (Å²) < 4.78 is 5.46. The van der Waals surface area contributed by atoms with E-state index in [9.17, 15) is 4.79 Å². The predicted molar refractivity (Wildman–Crippen MR) is 63.1 cm³/mol. The van der Waals surface area contributed by atoms with Gasteiger partial charge in [0.1, 0.15) is 5.60 Å². The Labute approximate surface area is 96.6 Å². The summed E-state index contributed by atoms with van der Waals surface area (Å²) in [6.07, 6.45) is 4.43. The molecule has 1 fully saturated rings. The number of cyclic esters (lactones) is 1. The van der Waals surface area contributed by atoms with E-state index in [1.54, 1.807) is 0 Å². The smallest absolute Gasteiger partial charge is 0.306 e. The van der Waals surface area contributed by atoms with Crippen LogP contribution < -0.4 is 0 Å². The van der Waals surface area contributed by atoms with Crippen LogP contribution in [-0.4, -0.2) is 11.6 Å². The van der Waals surface area contributed by atoms with Gasteiger partial charge in [0, 0.05) is 6.42 Å². The predicted octanol–water partition coefficient (Wildman–Crippen LogP) is 3.11. The van der Waals surface area contributed by atoms with Crippen molar-refractivity contribution >= 4 is 5.97 Å². The fourth-order valence-corrected chi connectivity index (χ4v) is 2.21. The van der Waals surface area contributed by atoms with E-state index in [1.807, 2.05) is 25.1 Å². The minimum absolute atomic E-state index is 0.0400. The van der Waals surface area contributed by atoms with Crippen LogP contribution in [0, 0.1) is 0 Å². The van der Waals surface area contributed by atoms with Crippen LogP contribution in [-0.2, 0) is 16.0 Å². The Bertz CT molecular complexity index is 358. The van der Waals surface area contributed by atoms with Gasteiger partial charge in [-0.15, -0.1) is 0 Å². The van der Waals surface area contributed by atoms with E-state index in [2.05, 4.69) is 12.1 Å². The van der Waals surface area contributed by atoms with E-state index in [0.717, 1.165) is 25.7 Å². The third kappa shape index (κ3) is 2.84. The van der Waals surface area contributed by atoms with Crippen LogP contribution in [0.25, 0.3) is 0 Å². The second-order valence-electron chi connectivity index (χ2n) is 4.76. The number of benzene rings is 1. The molecule has 0 bridgehead atoms. The molecule has 2 rings (SSSR count). The summed E-state index contributed by atoms with van der Waals surface area (Å²) in [4.78, 5) is 11.3.